The quantitative estimate of drug-likeness (QED) is 0.173. The minimum absolute atomic E-state index is 0.422. The summed E-state index contributed by atoms with van der Waals surface area (Å²) in [6.45, 7) is 4.16. The molecule has 0 unspecified atom stereocenters. The van der Waals surface area contributed by atoms with Gasteiger partial charge in [-0.2, -0.15) is 13.2 Å². The zero-order valence-electron chi connectivity index (χ0n) is 30.6. The zero-order chi connectivity index (χ0) is 38.1. The molecule has 56 heavy (non-hydrogen) atoms. The molecule has 0 aliphatic carbocycles. The summed E-state index contributed by atoms with van der Waals surface area (Å²) in [4.78, 5) is 4.58. The van der Waals surface area contributed by atoms with Crippen LogP contribution in [0.2, 0.25) is 0 Å². The van der Waals surface area contributed by atoms with E-state index < -0.39 is 11.7 Å². The van der Waals surface area contributed by atoms with Crippen LogP contribution in [-0.2, 0) is 6.18 Å². The Morgan fingerprint density at radius 3 is 1.50 bits per heavy atom. The first-order valence-corrected chi connectivity index (χ1v) is 18.6. The molecule has 0 amide bonds. The molecule has 0 atom stereocenters. The first kappa shape index (κ1) is 33.6. The molecule has 10 aromatic rings. The van der Waals surface area contributed by atoms with Crippen molar-refractivity contribution in [1.82, 2.24) is 14.1 Å². The molecule has 0 spiro atoms. The normalized spacial score (nSPS) is 12.0. The topological polar surface area (TPSA) is 22.8 Å². The molecule has 3 nitrogen and oxygen atoms in total. The van der Waals surface area contributed by atoms with Crippen molar-refractivity contribution in [2.45, 2.75) is 20.0 Å². The molecule has 0 radical (unpaired) electrons. The second-order valence-corrected chi connectivity index (χ2v) is 14.5. The average molecular weight is 734 g/mol. The summed E-state index contributed by atoms with van der Waals surface area (Å²) in [6, 6.07) is 51.8. The molecular formula is C50H34F3N3. The zero-order valence-corrected chi connectivity index (χ0v) is 30.6. The van der Waals surface area contributed by atoms with Crippen molar-refractivity contribution in [3.8, 4) is 44.8 Å². The highest BCUT2D eigenvalue weighted by Gasteiger charge is 2.32. The number of nitrogens with zero attached hydrogens (tertiary/aromatic N) is 3. The Bertz CT molecular complexity index is 3160. The Morgan fingerprint density at radius 2 is 0.946 bits per heavy atom. The first-order valence-electron chi connectivity index (χ1n) is 18.6. The number of aromatic nitrogens is 3. The van der Waals surface area contributed by atoms with Crippen LogP contribution in [0.1, 0.15) is 16.7 Å². The molecule has 6 heteroatoms. The molecule has 0 saturated carbocycles. The predicted octanol–water partition coefficient (Wildman–Crippen LogP) is 13.9. The molecule has 0 saturated heterocycles. The van der Waals surface area contributed by atoms with E-state index in [-0.39, 0.29) is 0 Å². The van der Waals surface area contributed by atoms with Gasteiger partial charge >= 0.3 is 6.18 Å². The van der Waals surface area contributed by atoms with Gasteiger partial charge in [0.05, 0.1) is 39.0 Å². The summed E-state index contributed by atoms with van der Waals surface area (Å²) in [7, 11) is 0. The van der Waals surface area contributed by atoms with Crippen molar-refractivity contribution >= 4 is 43.6 Å². The fourth-order valence-electron chi connectivity index (χ4n) is 8.38. The molecular weight excluding hydrogens is 700 g/mol. The number of aryl methyl sites for hydroxylation is 2. The molecule has 0 fully saturated rings. The van der Waals surface area contributed by atoms with Crippen molar-refractivity contribution in [3.05, 3.63) is 187 Å². The van der Waals surface area contributed by atoms with E-state index in [4.69, 9.17) is 0 Å². The van der Waals surface area contributed by atoms with E-state index in [0.717, 1.165) is 77.1 Å². The van der Waals surface area contributed by atoms with E-state index in [1.165, 1.54) is 17.7 Å². The minimum atomic E-state index is -4.55. The minimum Gasteiger partial charge on any atom is -0.309 e. The lowest BCUT2D eigenvalue weighted by atomic mass is 9.99. The number of benzene rings is 7. The molecule has 0 N–H and O–H groups in total. The molecule has 3 aromatic heterocycles. The van der Waals surface area contributed by atoms with Gasteiger partial charge in [0.1, 0.15) is 0 Å². The van der Waals surface area contributed by atoms with Crippen LogP contribution in [0.4, 0.5) is 13.2 Å². The van der Waals surface area contributed by atoms with Gasteiger partial charge in [-0.15, -0.1) is 0 Å². The number of pyridine rings is 1. The third-order valence-corrected chi connectivity index (χ3v) is 10.9. The molecule has 270 valence electrons. The molecule has 0 bridgehead atoms. The number of alkyl halides is 3. The van der Waals surface area contributed by atoms with E-state index in [2.05, 4.69) is 108 Å². The average Bonchev–Trinajstić information content (AvgIpc) is 3.72. The Hall–Kier alpha value is -6.92. The second kappa shape index (κ2) is 12.8. The van der Waals surface area contributed by atoms with Crippen LogP contribution in [0.5, 0.6) is 0 Å². The SMILES string of the molecule is Cc1cccc(-c2ccc3c(c2)c2ccccc2n3-c2ccncc2-c2ccc(C(F)(F)F)cc2-n2c3ccccc3c3cc(-c4cccc(C)c4)ccc32)c1. The van der Waals surface area contributed by atoms with Crippen molar-refractivity contribution in [2.75, 3.05) is 0 Å². The number of fused-ring (bicyclic) bond motifs is 6. The van der Waals surface area contributed by atoms with Gasteiger partial charge in [-0.05, 0) is 90.7 Å². The van der Waals surface area contributed by atoms with Crippen molar-refractivity contribution in [3.63, 3.8) is 0 Å². The monoisotopic (exact) mass is 733 g/mol. The highest BCUT2D eigenvalue weighted by atomic mass is 19.4. The van der Waals surface area contributed by atoms with E-state index >= 15 is 0 Å². The Labute approximate surface area is 321 Å². The summed E-state index contributed by atoms with van der Waals surface area (Å²) in [5, 5.41) is 4.08. The maximum atomic E-state index is 14.6. The molecule has 10 rings (SSSR count). The predicted molar refractivity (Wildman–Crippen MR) is 224 cm³/mol. The molecule has 3 heterocycles. The van der Waals surface area contributed by atoms with Crippen LogP contribution in [0, 0.1) is 13.8 Å². The van der Waals surface area contributed by atoms with Gasteiger partial charge in [-0.25, -0.2) is 0 Å². The summed E-state index contributed by atoms with van der Waals surface area (Å²) < 4.78 is 48.1. The largest absolute Gasteiger partial charge is 0.416 e. The highest BCUT2D eigenvalue weighted by molar-refractivity contribution is 6.12. The van der Waals surface area contributed by atoms with Crippen LogP contribution in [0.3, 0.4) is 0 Å². The van der Waals surface area contributed by atoms with Crippen molar-refractivity contribution in [1.29, 1.82) is 0 Å². The number of halogens is 3. The summed E-state index contributed by atoms with van der Waals surface area (Å²) >= 11 is 0. The standard InChI is InChI=1S/C50H34F3N3/c1-31-9-7-11-33(25-31)35-17-21-46-41(27-35)38-13-3-5-15-44(38)55(46)48-23-24-54-30-43(48)40-20-19-37(50(51,52)53)29-49(40)56-45-16-6-4-14-39(45)42-28-36(18-22-47(42)56)34-12-8-10-32(2)26-34/h3-30H,1-2H3. The number of rotatable bonds is 5. The molecule has 0 aliphatic heterocycles. The van der Waals surface area contributed by atoms with E-state index in [1.807, 2.05) is 59.2 Å². The third-order valence-electron chi connectivity index (χ3n) is 10.9. The number of hydrogen-bond donors (Lipinski definition) is 0. The fraction of sp³-hybridized carbons (Fsp3) is 0.0600. The van der Waals surface area contributed by atoms with Gasteiger partial charge in [-0.3, -0.25) is 4.98 Å². The van der Waals surface area contributed by atoms with Crippen LogP contribution < -0.4 is 0 Å². The Kier molecular flexibility index (Phi) is 7.72. The van der Waals surface area contributed by atoms with Gasteiger partial charge in [0.15, 0.2) is 0 Å². The van der Waals surface area contributed by atoms with Gasteiger partial charge < -0.3 is 9.13 Å². The van der Waals surface area contributed by atoms with Crippen molar-refractivity contribution < 1.29 is 13.2 Å². The summed E-state index contributed by atoms with van der Waals surface area (Å²) in [6.07, 6.45) is -1.03. The lowest BCUT2D eigenvalue weighted by molar-refractivity contribution is -0.137. The van der Waals surface area contributed by atoms with E-state index in [1.54, 1.807) is 18.5 Å². The fourth-order valence-corrected chi connectivity index (χ4v) is 8.38. The second-order valence-electron chi connectivity index (χ2n) is 14.5. The smallest absolute Gasteiger partial charge is 0.309 e. The van der Waals surface area contributed by atoms with Crippen LogP contribution in [-0.4, -0.2) is 14.1 Å². The Morgan fingerprint density at radius 1 is 0.429 bits per heavy atom. The van der Waals surface area contributed by atoms with Gasteiger partial charge in [0, 0.05) is 45.1 Å². The van der Waals surface area contributed by atoms with Crippen LogP contribution >= 0.6 is 0 Å². The number of para-hydroxylation sites is 2. The highest BCUT2D eigenvalue weighted by Crippen LogP contribution is 2.43. The van der Waals surface area contributed by atoms with Gasteiger partial charge in [-0.1, -0.05) is 114 Å². The summed E-state index contributed by atoms with van der Waals surface area (Å²) in [5.74, 6) is 0. The summed E-state index contributed by atoms with van der Waals surface area (Å²) in [5.41, 5.74) is 12.2. The van der Waals surface area contributed by atoms with Gasteiger partial charge in [0.2, 0.25) is 0 Å². The first-order chi connectivity index (χ1) is 27.2. The van der Waals surface area contributed by atoms with E-state index in [0.29, 0.717) is 16.8 Å². The molecule has 0 aliphatic rings. The van der Waals surface area contributed by atoms with Crippen LogP contribution in [0.15, 0.2) is 170 Å². The maximum Gasteiger partial charge on any atom is 0.416 e. The number of hydrogen-bond acceptors (Lipinski definition) is 1. The van der Waals surface area contributed by atoms with E-state index in [9.17, 15) is 13.2 Å². The molecule has 7 aromatic carbocycles. The van der Waals surface area contributed by atoms with Crippen molar-refractivity contribution in [2.24, 2.45) is 0 Å². The lowest BCUT2D eigenvalue weighted by Gasteiger charge is -2.20. The van der Waals surface area contributed by atoms with Gasteiger partial charge in [0.25, 0.3) is 0 Å². The van der Waals surface area contributed by atoms with Crippen LogP contribution in [0.25, 0.3) is 88.4 Å². The maximum absolute atomic E-state index is 14.6. The Balaban J connectivity index is 1.24. The lowest BCUT2D eigenvalue weighted by Crippen LogP contribution is -2.08. The third kappa shape index (κ3) is 5.48.